The molecule has 608 valence electrons. The van der Waals surface area contributed by atoms with Gasteiger partial charge < -0.3 is 98.8 Å². The van der Waals surface area contributed by atoms with Crippen molar-refractivity contribution in [3.05, 3.63) is 59.7 Å². The summed E-state index contributed by atoms with van der Waals surface area (Å²) in [5.41, 5.74) is 5.01. The summed E-state index contributed by atoms with van der Waals surface area (Å²) in [7, 11) is 0. The molecule has 0 spiro atoms. The second-order valence-corrected chi connectivity index (χ2v) is 24.3. The molecule has 2 aromatic carbocycles. The Labute approximate surface area is 649 Å². The molecule has 0 aliphatic rings. The van der Waals surface area contributed by atoms with E-state index in [4.69, 9.17) is 106 Å². The smallest absolute Gasteiger partial charge is 0.339 e. The minimum Gasteiger partial charge on any atom is -0.507 e. The number of aromatic hydroxyl groups is 1. The Morgan fingerprint density at radius 3 is 1.01 bits per heavy atom. The molecular weight excluding hydrogens is 1430 g/mol. The van der Waals surface area contributed by atoms with Gasteiger partial charge in [0.1, 0.15) is 68.3 Å². The Balaban J connectivity index is 0.00000187. The van der Waals surface area contributed by atoms with Gasteiger partial charge in [-0.15, -0.1) is 38.5 Å². The van der Waals surface area contributed by atoms with Crippen molar-refractivity contribution in [2.75, 3.05) is 185 Å². The zero-order valence-corrected chi connectivity index (χ0v) is 63.9. The van der Waals surface area contributed by atoms with E-state index in [1.165, 1.54) is 31.2 Å². The molecule has 0 aliphatic carbocycles. The number of ketones is 3. The number of benzene rings is 2. The number of carboxylic acid groups (broad SMARTS) is 1. The number of nitrogens with one attached hydrogen (secondary N) is 4. The fraction of sp³-hybridized carbons (Fsp3) is 0.593. The molecule has 29 heteroatoms. The molecule has 2 rings (SSSR count). The molecule has 0 saturated heterocycles. The lowest BCUT2D eigenvalue weighted by molar-refractivity contribution is -0.132. The van der Waals surface area contributed by atoms with E-state index in [1.807, 2.05) is 0 Å². The Bertz CT molecular complexity index is 2950. The lowest BCUT2D eigenvalue weighted by atomic mass is 9.70. The van der Waals surface area contributed by atoms with Gasteiger partial charge in [0.05, 0.1) is 111 Å². The van der Waals surface area contributed by atoms with Crippen molar-refractivity contribution in [3.63, 3.8) is 0 Å². The number of phenols is 1. The molecule has 0 saturated carbocycles. The predicted molar refractivity (Wildman–Crippen MR) is 410 cm³/mol. The highest BCUT2D eigenvalue weighted by Crippen LogP contribution is 2.41. The quantitative estimate of drug-likeness (QED) is 0.0154. The van der Waals surface area contributed by atoms with Crippen LogP contribution in [0.4, 0.5) is 0 Å². The molecule has 0 aliphatic heterocycles. The first-order chi connectivity index (χ1) is 53.2. The maximum atomic E-state index is 13.7. The molecule has 0 atom stereocenters. The van der Waals surface area contributed by atoms with Crippen LogP contribution in [0.3, 0.4) is 0 Å². The predicted octanol–water partition coefficient (Wildman–Crippen LogP) is 4.79. The van der Waals surface area contributed by atoms with E-state index in [-0.39, 0.29) is 200 Å². The van der Waals surface area contributed by atoms with Crippen molar-refractivity contribution >= 4 is 52.9 Å². The van der Waals surface area contributed by atoms with Crippen LogP contribution in [0.15, 0.2) is 48.5 Å². The molecule has 8 N–H and O–H groups in total. The summed E-state index contributed by atoms with van der Waals surface area (Å²) in [6.07, 6.45) is 34.9. The zero-order chi connectivity index (χ0) is 81.2. The van der Waals surface area contributed by atoms with Crippen molar-refractivity contribution in [1.29, 1.82) is 0 Å². The molecule has 0 fully saturated rings. The Morgan fingerprint density at radius 1 is 0.382 bits per heavy atom. The lowest BCUT2D eigenvalue weighted by Gasteiger charge is -2.33. The van der Waals surface area contributed by atoms with Gasteiger partial charge in [0.2, 0.25) is 23.6 Å². The third-order valence-corrected chi connectivity index (χ3v) is 15.5. The number of phenolic OH excluding ortho intramolecular Hbond substituents is 1. The largest absolute Gasteiger partial charge is 0.507 e. The highest BCUT2D eigenvalue weighted by Gasteiger charge is 2.35. The molecule has 0 bridgehead atoms. The number of ether oxygens (including phenoxy) is 13. The van der Waals surface area contributed by atoms with Gasteiger partial charge in [0, 0.05) is 110 Å². The summed E-state index contributed by atoms with van der Waals surface area (Å²) in [6.45, 7) is 10.0. The molecule has 4 amide bonds. The third-order valence-electron chi connectivity index (χ3n) is 15.5. The monoisotopic (exact) mass is 1540 g/mol. The van der Waals surface area contributed by atoms with Gasteiger partial charge in [-0.2, -0.15) is 0 Å². The van der Waals surface area contributed by atoms with Crippen LogP contribution in [0, 0.1) is 79.5 Å². The van der Waals surface area contributed by atoms with Crippen molar-refractivity contribution in [1.82, 2.24) is 21.3 Å². The first-order valence-corrected chi connectivity index (χ1v) is 36.5. The number of hydrogen-bond donors (Lipinski definition) is 7. The number of nitrogens with two attached hydrogens (primary N) is 1. The van der Waals surface area contributed by atoms with Gasteiger partial charge in [-0.25, -0.2) is 4.79 Å². The van der Waals surface area contributed by atoms with E-state index in [1.54, 1.807) is 24.3 Å². The normalized spacial score (nSPS) is 10.7. The van der Waals surface area contributed by atoms with Crippen LogP contribution < -0.4 is 31.7 Å². The zero-order valence-electron chi connectivity index (χ0n) is 63.9. The fourth-order valence-corrected chi connectivity index (χ4v) is 9.83. The SMILES string of the molecule is C#CCOCCOCCCC(=O)CCC(CCC(=O)NCCOCCOCC#C)(CCC(=O)NCCOCCOCC#C)CC(=O)c1ccccc1O.C#CCOCCOCCCC(=O)CCC(N)(CCC(=O)NCCOCCOCC#C)CCC(=O)NCCOCCOCC#C.CC(=O)Oc1ccccc1C(=O)O. The number of carboxylic acids is 1. The van der Waals surface area contributed by atoms with E-state index in [0.717, 1.165) is 0 Å². The molecule has 0 radical (unpaired) electrons. The van der Waals surface area contributed by atoms with E-state index in [2.05, 4.69) is 61.5 Å². The van der Waals surface area contributed by atoms with Crippen molar-refractivity contribution in [3.8, 4) is 85.6 Å². The number of rotatable bonds is 67. The molecule has 0 unspecified atom stereocenters. The number of amides is 4. The number of hydrogen-bond acceptors (Lipinski definition) is 24. The van der Waals surface area contributed by atoms with Crippen LogP contribution in [0.2, 0.25) is 0 Å². The van der Waals surface area contributed by atoms with Crippen molar-refractivity contribution < 1.29 is 115 Å². The van der Waals surface area contributed by atoms with E-state index >= 15 is 0 Å². The van der Waals surface area contributed by atoms with Crippen molar-refractivity contribution in [2.45, 2.75) is 122 Å². The van der Waals surface area contributed by atoms with Gasteiger partial charge in [-0.1, -0.05) is 59.8 Å². The minimum absolute atomic E-state index is 0.0160. The molecule has 110 heavy (non-hydrogen) atoms. The van der Waals surface area contributed by atoms with Gasteiger partial charge in [0.25, 0.3) is 0 Å². The average Bonchev–Trinajstić information content (AvgIpc) is 0.831. The lowest BCUT2D eigenvalue weighted by Crippen LogP contribution is -2.43. The number of Topliss-reactive ketones (excluding diaryl/α,β-unsaturated/α-hetero) is 3. The maximum Gasteiger partial charge on any atom is 0.339 e. The number of esters is 1. The van der Waals surface area contributed by atoms with Crippen LogP contribution in [-0.2, 0) is 90.4 Å². The molecule has 0 aromatic heterocycles. The van der Waals surface area contributed by atoms with Crippen LogP contribution in [0.25, 0.3) is 0 Å². The summed E-state index contributed by atoms with van der Waals surface area (Å²) in [6, 6.07) is 12.2. The number of carbonyl (C=O) groups excluding carboxylic acids is 8. The van der Waals surface area contributed by atoms with Crippen LogP contribution in [-0.4, -0.2) is 253 Å². The summed E-state index contributed by atoms with van der Waals surface area (Å²) < 4.78 is 68.2. The first-order valence-electron chi connectivity index (χ1n) is 36.5. The highest BCUT2D eigenvalue weighted by molar-refractivity contribution is 5.99. The fourth-order valence-electron chi connectivity index (χ4n) is 9.83. The third kappa shape index (κ3) is 59.8. The highest BCUT2D eigenvalue weighted by atomic mass is 16.6. The van der Waals surface area contributed by atoms with Gasteiger partial charge in [-0.05, 0) is 81.0 Å². The van der Waals surface area contributed by atoms with Crippen LogP contribution >= 0.6 is 0 Å². The summed E-state index contributed by atoms with van der Waals surface area (Å²) in [5, 5.41) is 30.4. The molecule has 0 heterocycles. The Morgan fingerprint density at radius 2 is 0.673 bits per heavy atom. The Hall–Kier alpha value is -9.09. The number of carbonyl (C=O) groups is 9. The second kappa shape index (κ2) is 70.3. The molecular formula is C81H115N5O24. The van der Waals surface area contributed by atoms with Gasteiger partial charge in [-0.3, -0.25) is 38.4 Å². The number of para-hydroxylation sites is 2. The van der Waals surface area contributed by atoms with E-state index < -0.39 is 22.9 Å². The summed E-state index contributed by atoms with van der Waals surface area (Å²) in [5.74, 6) is 11.3. The van der Waals surface area contributed by atoms with Crippen LogP contribution in [0.5, 0.6) is 11.5 Å². The van der Waals surface area contributed by atoms with Crippen LogP contribution in [0.1, 0.15) is 137 Å². The molecule has 2 aromatic rings. The Kier molecular flexibility index (Phi) is 64.5. The number of terminal acetylenes is 6. The number of aromatic carboxylic acids is 1. The second-order valence-electron chi connectivity index (χ2n) is 24.3. The maximum absolute atomic E-state index is 13.7. The topological polar surface area (TPSA) is 388 Å². The first kappa shape index (κ1) is 101. The average molecular weight is 1540 g/mol. The van der Waals surface area contributed by atoms with Gasteiger partial charge >= 0.3 is 11.9 Å². The van der Waals surface area contributed by atoms with Gasteiger partial charge in [0.15, 0.2) is 5.78 Å². The van der Waals surface area contributed by atoms with E-state index in [9.17, 15) is 48.3 Å². The summed E-state index contributed by atoms with van der Waals surface area (Å²) in [4.78, 5) is 111. The van der Waals surface area contributed by atoms with Crippen molar-refractivity contribution in [2.24, 2.45) is 11.1 Å². The molecule has 29 nitrogen and oxygen atoms in total. The minimum atomic E-state index is -1.11. The summed E-state index contributed by atoms with van der Waals surface area (Å²) >= 11 is 0. The van der Waals surface area contributed by atoms with E-state index in [0.29, 0.717) is 157 Å². The standard InChI is InChI=1S/C40H56N2O11.C32H51N3O9.C9H8O4/c1-4-21-48-27-30-51-24-9-10-34(43)13-16-40(33-37(45)35-11-7-8-12-36(35)44,17-14-38(46)41-19-25-52-31-28-49-22-5-2)18-15-39(47)42-20-26-53-32-29-50-23-6-3;1-4-17-39-23-26-42-20-7-8-29(36)9-12-32(33,13-10-30(37)34-15-21-43-27-24-40-18-5-2)14-11-31(38)35-16-22-44-28-25-41-19-6-3;1-6(10)13-8-5-3-2-4-7(8)9(11)12/h1-3,7-8,11-12,44H,9-10,13-33H2,(H,41,46)(H,42,47);1-3H,7-28,33H2,(H,34,37)(H,35,38);2-5H,1H3,(H,11,12).